The molecule has 1 heterocycles. The first-order chi connectivity index (χ1) is 9.16. The molecular weight excluding hydrogens is 248 g/mol. The number of rotatable bonds is 2. The predicted octanol–water partition coefficient (Wildman–Crippen LogP) is 3.85. The Kier molecular flexibility index (Phi) is 3.57. The van der Waals surface area contributed by atoms with Gasteiger partial charge in [0.15, 0.2) is 0 Å². The SMILES string of the molecule is CC(=O)Nc1cc2c(cc1C)C(C)(C)C(C)N2C(C)C. The molecule has 0 saturated carbocycles. The molecule has 0 fully saturated rings. The van der Waals surface area contributed by atoms with Crippen molar-refractivity contribution in [3.8, 4) is 0 Å². The quantitative estimate of drug-likeness (QED) is 0.888. The smallest absolute Gasteiger partial charge is 0.221 e. The van der Waals surface area contributed by atoms with Crippen LogP contribution in [-0.4, -0.2) is 18.0 Å². The summed E-state index contributed by atoms with van der Waals surface area (Å²) in [7, 11) is 0. The van der Waals surface area contributed by atoms with E-state index >= 15 is 0 Å². The summed E-state index contributed by atoms with van der Waals surface area (Å²) >= 11 is 0. The van der Waals surface area contributed by atoms with Crippen molar-refractivity contribution in [1.82, 2.24) is 0 Å². The van der Waals surface area contributed by atoms with Crippen LogP contribution in [0.15, 0.2) is 12.1 Å². The standard InChI is InChI=1S/C17H26N2O/c1-10(2)19-12(4)17(6,7)14-8-11(3)15(9-16(14)19)18-13(5)20/h8-10,12H,1-7H3,(H,18,20). The van der Waals surface area contributed by atoms with Crippen molar-refractivity contribution in [2.75, 3.05) is 10.2 Å². The second kappa shape index (κ2) is 4.80. The largest absolute Gasteiger partial charge is 0.365 e. The molecule has 0 spiro atoms. The zero-order chi connectivity index (χ0) is 15.2. The van der Waals surface area contributed by atoms with E-state index in [4.69, 9.17) is 0 Å². The van der Waals surface area contributed by atoms with Gasteiger partial charge in [0.2, 0.25) is 5.91 Å². The van der Waals surface area contributed by atoms with Crippen LogP contribution in [0.2, 0.25) is 0 Å². The van der Waals surface area contributed by atoms with Gasteiger partial charge < -0.3 is 10.2 Å². The lowest BCUT2D eigenvalue weighted by molar-refractivity contribution is -0.114. The number of nitrogens with zero attached hydrogens (tertiary/aromatic N) is 1. The Labute approximate surface area is 122 Å². The highest BCUT2D eigenvalue weighted by Gasteiger charge is 2.43. The molecule has 0 radical (unpaired) electrons. The molecule has 2 rings (SSSR count). The molecule has 1 aliphatic heterocycles. The van der Waals surface area contributed by atoms with Gasteiger partial charge in [0, 0.05) is 35.8 Å². The summed E-state index contributed by atoms with van der Waals surface area (Å²) in [6.07, 6.45) is 0. The second-order valence-corrected chi connectivity index (χ2v) is 6.76. The van der Waals surface area contributed by atoms with Crippen LogP contribution in [-0.2, 0) is 10.2 Å². The summed E-state index contributed by atoms with van der Waals surface area (Å²) in [6, 6.07) is 5.26. The normalized spacial score (nSPS) is 20.2. The number of anilines is 2. The van der Waals surface area contributed by atoms with Gasteiger partial charge in [0.25, 0.3) is 0 Å². The van der Waals surface area contributed by atoms with Gasteiger partial charge in [-0.05, 0) is 44.9 Å². The number of carbonyl (C=O) groups is 1. The minimum absolute atomic E-state index is 0.0190. The van der Waals surface area contributed by atoms with E-state index in [1.165, 1.54) is 11.3 Å². The average molecular weight is 274 g/mol. The highest BCUT2D eigenvalue weighted by Crippen LogP contribution is 2.47. The molecule has 3 nitrogen and oxygen atoms in total. The molecule has 0 saturated heterocycles. The molecule has 1 N–H and O–H groups in total. The van der Waals surface area contributed by atoms with E-state index in [1.807, 2.05) is 0 Å². The minimum atomic E-state index is -0.0190. The number of fused-ring (bicyclic) bond motifs is 1. The molecule has 1 unspecified atom stereocenters. The molecule has 1 aromatic carbocycles. The van der Waals surface area contributed by atoms with Gasteiger partial charge in [-0.15, -0.1) is 0 Å². The lowest BCUT2D eigenvalue weighted by Crippen LogP contribution is -2.42. The highest BCUT2D eigenvalue weighted by molar-refractivity contribution is 5.91. The molecule has 0 aromatic heterocycles. The molecule has 3 heteroatoms. The van der Waals surface area contributed by atoms with Crippen LogP contribution in [0.4, 0.5) is 11.4 Å². The summed E-state index contributed by atoms with van der Waals surface area (Å²) in [4.78, 5) is 13.8. The fourth-order valence-corrected chi connectivity index (χ4v) is 3.26. The van der Waals surface area contributed by atoms with Gasteiger partial charge in [-0.1, -0.05) is 19.9 Å². The number of hydrogen-bond acceptors (Lipinski definition) is 2. The number of aryl methyl sites for hydroxylation is 1. The monoisotopic (exact) mass is 274 g/mol. The van der Waals surface area contributed by atoms with Crippen LogP contribution in [0, 0.1) is 6.92 Å². The Balaban J connectivity index is 2.60. The summed E-state index contributed by atoms with van der Waals surface area (Å²) < 4.78 is 0. The van der Waals surface area contributed by atoms with Gasteiger partial charge in [-0.25, -0.2) is 0 Å². The topological polar surface area (TPSA) is 32.3 Å². The number of amides is 1. The first-order valence-corrected chi connectivity index (χ1v) is 7.37. The first kappa shape index (κ1) is 14.9. The average Bonchev–Trinajstić information content (AvgIpc) is 2.48. The lowest BCUT2D eigenvalue weighted by atomic mass is 9.80. The zero-order valence-electron chi connectivity index (χ0n) is 13.7. The number of nitrogens with one attached hydrogen (secondary N) is 1. The van der Waals surface area contributed by atoms with Crippen LogP contribution in [0.1, 0.15) is 52.7 Å². The molecule has 0 bridgehead atoms. The first-order valence-electron chi connectivity index (χ1n) is 7.37. The third kappa shape index (κ3) is 2.19. The Bertz CT molecular complexity index is 546. The Morgan fingerprint density at radius 3 is 2.45 bits per heavy atom. The molecular formula is C17H26N2O. The summed E-state index contributed by atoms with van der Waals surface area (Å²) in [6.45, 7) is 14.9. The second-order valence-electron chi connectivity index (χ2n) is 6.76. The maximum atomic E-state index is 11.3. The van der Waals surface area contributed by atoms with Crippen molar-refractivity contribution in [2.24, 2.45) is 0 Å². The lowest BCUT2D eigenvalue weighted by Gasteiger charge is -2.34. The van der Waals surface area contributed by atoms with Crippen molar-refractivity contribution < 1.29 is 4.79 Å². The molecule has 20 heavy (non-hydrogen) atoms. The number of hydrogen-bond donors (Lipinski definition) is 1. The van der Waals surface area contributed by atoms with E-state index in [9.17, 15) is 4.79 Å². The molecule has 1 amide bonds. The van der Waals surface area contributed by atoms with E-state index in [-0.39, 0.29) is 11.3 Å². The van der Waals surface area contributed by atoms with E-state index in [0.717, 1.165) is 11.3 Å². The van der Waals surface area contributed by atoms with Gasteiger partial charge in [0.1, 0.15) is 0 Å². The summed E-state index contributed by atoms with van der Waals surface area (Å²) in [5, 5.41) is 2.94. The van der Waals surface area contributed by atoms with E-state index in [2.05, 4.69) is 63.9 Å². The van der Waals surface area contributed by atoms with Crippen molar-refractivity contribution in [3.63, 3.8) is 0 Å². The molecule has 1 aromatic rings. The van der Waals surface area contributed by atoms with Crippen LogP contribution in [0.3, 0.4) is 0 Å². The van der Waals surface area contributed by atoms with Gasteiger partial charge in [0.05, 0.1) is 0 Å². The Morgan fingerprint density at radius 2 is 1.95 bits per heavy atom. The van der Waals surface area contributed by atoms with Crippen LogP contribution >= 0.6 is 0 Å². The summed E-state index contributed by atoms with van der Waals surface area (Å²) in [5.41, 5.74) is 4.81. The fraction of sp³-hybridized carbons (Fsp3) is 0.588. The van der Waals surface area contributed by atoms with Crippen molar-refractivity contribution >= 4 is 17.3 Å². The fourth-order valence-electron chi connectivity index (χ4n) is 3.26. The Morgan fingerprint density at radius 1 is 1.35 bits per heavy atom. The molecule has 110 valence electrons. The van der Waals surface area contributed by atoms with Crippen LogP contribution < -0.4 is 10.2 Å². The maximum absolute atomic E-state index is 11.3. The third-order valence-electron chi connectivity index (χ3n) is 4.64. The molecule has 1 aliphatic rings. The van der Waals surface area contributed by atoms with Gasteiger partial charge >= 0.3 is 0 Å². The van der Waals surface area contributed by atoms with Crippen molar-refractivity contribution in [2.45, 2.75) is 66.0 Å². The van der Waals surface area contributed by atoms with Gasteiger partial charge in [-0.2, -0.15) is 0 Å². The van der Waals surface area contributed by atoms with Gasteiger partial charge in [-0.3, -0.25) is 4.79 Å². The third-order valence-corrected chi connectivity index (χ3v) is 4.64. The Hall–Kier alpha value is -1.51. The van der Waals surface area contributed by atoms with E-state index in [0.29, 0.717) is 12.1 Å². The van der Waals surface area contributed by atoms with E-state index < -0.39 is 0 Å². The van der Waals surface area contributed by atoms with Crippen molar-refractivity contribution in [1.29, 1.82) is 0 Å². The number of benzene rings is 1. The van der Waals surface area contributed by atoms with Crippen LogP contribution in [0.25, 0.3) is 0 Å². The maximum Gasteiger partial charge on any atom is 0.221 e. The number of carbonyl (C=O) groups excluding carboxylic acids is 1. The molecule has 0 aliphatic carbocycles. The van der Waals surface area contributed by atoms with Crippen LogP contribution in [0.5, 0.6) is 0 Å². The van der Waals surface area contributed by atoms with E-state index in [1.54, 1.807) is 6.92 Å². The predicted molar refractivity (Wildman–Crippen MR) is 85.6 cm³/mol. The minimum Gasteiger partial charge on any atom is -0.365 e. The summed E-state index contributed by atoms with van der Waals surface area (Å²) in [5.74, 6) is -0.0190. The van der Waals surface area contributed by atoms with Crippen molar-refractivity contribution in [3.05, 3.63) is 23.3 Å². The zero-order valence-corrected chi connectivity index (χ0v) is 13.7. The molecule has 1 atom stereocenters. The highest BCUT2D eigenvalue weighted by atomic mass is 16.1.